The van der Waals surface area contributed by atoms with Crippen LogP contribution in [-0.4, -0.2) is 10.7 Å². The summed E-state index contributed by atoms with van der Waals surface area (Å²) in [6.07, 6.45) is 11.3. The van der Waals surface area contributed by atoms with E-state index in [4.69, 9.17) is 0 Å². The summed E-state index contributed by atoms with van der Waals surface area (Å²) in [5.41, 5.74) is -0.446. The van der Waals surface area contributed by atoms with Crippen LogP contribution >= 0.6 is 0 Å². The molecular weight excluding hydrogens is 196 g/mol. The summed E-state index contributed by atoms with van der Waals surface area (Å²) in [6.45, 7) is 8.56. The van der Waals surface area contributed by atoms with E-state index in [-0.39, 0.29) is 0 Å². The van der Waals surface area contributed by atoms with Gasteiger partial charge in [0, 0.05) is 0 Å². The van der Waals surface area contributed by atoms with Gasteiger partial charge in [-0.1, -0.05) is 72.1 Å². The van der Waals surface area contributed by atoms with Gasteiger partial charge in [-0.15, -0.1) is 0 Å². The average molecular weight is 228 g/mol. The third-order valence-corrected chi connectivity index (χ3v) is 3.96. The molecule has 1 heteroatoms. The first-order valence-electron chi connectivity index (χ1n) is 7.27. The molecule has 0 fully saturated rings. The molecule has 98 valence electrons. The fourth-order valence-corrected chi connectivity index (χ4v) is 2.13. The topological polar surface area (TPSA) is 20.2 Å². The van der Waals surface area contributed by atoms with Gasteiger partial charge in [0.1, 0.15) is 0 Å². The molecular formula is C15H32O. The summed E-state index contributed by atoms with van der Waals surface area (Å²) >= 11 is 0. The van der Waals surface area contributed by atoms with Crippen molar-refractivity contribution >= 4 is 0 Å². The fourth-order valence-electron chi connectivity index (χ4n) is 2.13. The quantitative estimate of drug-likeness (QED) is 0.526. The van der Waals surface area contributed by atoms with Crippen LogP contribution in [0.5, 0.6) is 0 Å². The summed E-state index contributed by atoms with van der Waals surface area (Å²) in [7, 11) is 0. The largest absolute Gasteiger partial charge is 0.390 e. The van der Waals surface area contributed by atoms with E-state index in [0.29, 0.717) is 5.92 Å². The van der Waals surface area contributed by atoms with E-state index >= 15 is 0 Å². The lowest BCUT2D eigenvalue weighted by atomic mass is 9.84. The standard InChI is InChI=1S/C15H32O/c1-5-7-8-9-10-11-12-13-15(4,16)14(3)6-2/h14,16H,5-13H2,1-4H3. The Hall–Kier alpha value is -0.0400. The lowest BCUT2D eigenvalue weighted by Gasteiger charge is -2.29. The molecule has 0 amide bonds. The van der Waals surface area contributed by atoms with Crippen LogP contribution < -0.4 is 0 Å². The predicted molar refractivity (Wildman–Crippen MR) is 72.7 cm³/mol. The molecule has 2 unspecified atom stereocenters. The number of rotatable bonds is 10. The number of unbranched alkanes of at least 4 members (excludes halogenated alkanes) is 6. The zero-order chi connectivity index (χ0) is 12.4. The molecule has 0 bridgehead atoms. The Morgan fingerprint density at radius 2 is 1.44 bits per heavy atom. The van der Waals surface area contributed by atoms with Crippen LogP contribution in [0.1, 0.15) is 85.5 Å². The first-order valence-corrected chi connectivity index (χ1v) is 7.27. The van der Waals surface area contributed by atoms with E-state index in [1.54, 1.807) is 0 Å². The Kier molecular flexibility index (Phi) is 9.02. The Labute approximate surface area is 103 Å². The van der Waals surface area contributed by atoms with E-state index in [1.165, 1.54) is 44.9 Å². The minimum absolute atomic E-state index is 0.424. The van der Waals surface area contributed by atoms with Crippen molar-refractivity contribution in [3.05, 3.63) is 0 Å². The first-order chi connectivity index (χ1) is 7.54. The van der Waals surface area contributed by atoms with Gasteiger partial charge in [0.2, 0.25) is 0 Å². The molecule has 0 spiro atoms. The fraction of sp³-hybridized carbons (Fsp3) is 1.00. The zero-order valence-electron chi connectivity index (χ0n) is 11.9. The minimum atomic E-state index is -0.446. The van der Waals surface area contributed by atoms with Gasteiger partial charge in [-0.25, -0.2) is 0 Å². The number of hydrogen-bond donors (Lipinski definition) is 1. The Morgan fingerprint density at radius 3 is 1.94 bits per heavy atom. The van der Waals surface area contributed by atoms with Gasteiger partial charge >= 0.3 is 0 Å². The second-order valence-corrected chi connectivity index (χ2v) is 5.54. The van der Waals surface area contributed by atoms with Crippen LogP contribution in [0.4, 0.5) is 0 Å². The van der Waals surface area contributed by atoms with Crippen molar-refractivity contribution in [2.45, 2.75) is 91.1 Å². The van der Waals surface area contributed by atoms with Gasteiger partial charge in [-0.05, 0) is 19.3 Å². The summed E-state index contributed by atoms with van der Waals surface area (Å²) in [6, 6.07) is 0. The smallest absolute Gasteiger partial charge is 0.0645 e. The highest BCUT2D eigenvalue weighted by Crippen LogP contribution is 2.26. The molecule has 16 heavy (non-hydrogen) atoms. The van der Waals surface area contributed by atoms with Crippen LogP contribution in [0.2, 0.25) is 0 Å². The average Bonchev–Trinajstić information content (AvgIpc) is 2.26. The highest BCUT2D eigenvalue weighted by Gasteiger charge is 2.25. The molecule has 1 N–H and O–H groups in total. The van der Waals surface area contributed by atoms with E-state index in [2.05, 4.69) is 20.8 Å². The van der Waals surface area contributed by atoms with Gasteiger partial charge in [0.05, 0.1) is 5.60 Å². The lowest BCUT2D eigenvalue weighted by molar-refractivity contribution is -0.00534. The molecule has 1 nitrogen and oxygen atoms in total. The highest BCUT2D eigenvalue weighted by atomic mass is 16.3. The van der Waals surface area contributed by atoms with Crippen molar-refractivity contribution in [1.29, 1.82) is 0 Å². The van der Waals surface area contributed by atoms with Crippen molar-refractivity contribution in [3.63, 3.8) is 0 Å². The van der Waals surface area contributed by atoms with Gasteiger partial charge < -0.3 is 5.11 Å². The number of hydrogen-bond acceptors (Lipinski definition) is 1. The molecule has 0 saturated carbocycles. The predicted octanol–water partition coefficient (Wildman–Crippen LogP) is 4.92. The van der Waals surface area contributed by atoms with Gasteiger partial charge in [-0.3, -0.25) is 0 Å². The molecule has 0 rings (SSSR count). The molecule has 0 radical (unpaired) electrons. The molecule has 0 aromatic rings. The maximum Gasteiger partial charge on any atom is 0.0645 e. The SMILES string of the molecule is CCCCCCCCCC(C)(O)C(C)CC. The van der Waals surface area contributed by atoms with E-state index in [9.17, 15) is 5.11 Å². The first kappa shape index (κ1) is 16.0. The van der Waals surface area contributed by atoms with Crippen LogP contribution in [0.25, 0.3) is 0 Å². The molecule has 0 aliphatic heterocycles. The summed E-state index contributed by atoms with van der Waals surface area (Å²) in [4.78, 5) is 0. The van der Waals surface area contributed by atoms with Crippen molar-refractivity contribution < 1.29 is 5.11 Å². The third kappa shape index (κ3) is 7.27. The van der Waals surface area contributed by atoms with E-state index < -0.39 is 5.60 Å². The highest BCUT2D eigenvalue weighted by molar-refractivity contribution is 4.77. The van der Waals surface area contributed by atoms with Crippen LogP contribution in [0.3, 0.4) is 0 Å². The molecule has 0 saturated heterocycles. The van der Waals surface area contributed by atoms with Gasteiger partial charge in [-0.2, -0.15) is 0 Å². The maximum absolute atomic E-state index is 10.2. The van der Waals surface area contributed by atoms with Crippen LogP contribution in [-0.2, 0) is 0 Å². The minimum Gasteiger partial charge on any atom is -0.390 e. The number of aliphatic hydroxyl groups is 1. The van der Waals surface area contributed by atoms with Gasteiger partial charge in [0.15, 0.2) is 0 Å². The summed E-state index contributed by atoms with van der Waals surface area (Å²) in [5, 5.41) is 10.2. The Morgan fingerprint density at radius 1 is 0.938 bits per heavy atom. The lowest BCUT2D eigenvalue weighted by Crippen LogP contribution is -2.32. The van der Waals surface area contributed by atoms with Crippen LogP contribution in [0.15, 0.2) is 0 Å². The molecule has 0 heterocycles. The second-order valence-electron chi connectivity index (χ2n) is 5.54. The maximum atomic E-state index is 10.2. The van der Waals surface area contributed by atoms with E-state index in [1.807, 2.05) is 6.92 Å². The second kappa shape index (κ2) is 9.04. The van der Waals surface area contributed by atoms with Crippen molar-refractivity contribution in [2.75, 3.05) is 0 Å². The van der Waals surface area contributed by atoms with Crippen molar-refractivity contribution in [1.82, 2.24) is 0 Å². The summed E-state index contributed by atoms with van der Waals surface area (Å²) < 4.78 is 0. The van der Waals surface area contributed by atoms with Crippen LogP contribution in [0, 0.1) is 5.92 Å². The van der Waals surface area contributed by atoms with Gasteiger partial charge in [0.25, 0.3) is 0 Å². The third-order valence-electron chi connectivity index (χ3n) is 3.96. The summed E-state index contributed by atoms with van der Waals surface area (Å²) in [5.74, 6) is 0.424. The normalized spacial score (nSPS) is 17.1. The molecule has 0 aromatic carbocycles. The van der Waals surface area contributed by atoms with E-state index in [0.717, 1.165) is 12.8 Å². The Bertz CT molecular complexity index is 152. The molecule has 2 atom stereocenters. The monoisotopic (exact) mass is 228 g/mol. The Balaban J connectivity index is 3.43. The zero-order valence-corrected chi connectivity index (χ0v) is 11.9. The van der Waals surface area contributed by atoms with Crippen molar-refractivity contribution in [2.24, 2.45) is 5.92 Å². The molecule has 0 aliphatic carbocycles. The van der Waals surface area contributed by atoms with Crippen molar-refractivity contribution in [3.8, 4) is 0 Å². The molecule has 0 aromatic heterocycles. The molecule has 0 aliphatic rings.